The summed E-state index contributed by atoms with van der Waals surface area (Å²) < 4.78 is 1.76. The maximum absolute atomic E-state index is 13.0. The number of anilines is 3. The van der Waals surface area contributed by atoms with Crippen LogP contribution in [-0.4, -0.2) is 46.3 Å². The van der Waals surface area contributed by atoms with Gasteiger partial charge >= 0.3 is 6.03 Å². The molecule has 0 aliphatic heterocycles. The summed E-state index contributed by atoms with van der Waals surface area (Å²) in [6, 6.07) is 13.8. The van der Waals surface area contributed by atoms with Crippen LogP contribution in [-0.2, 0) is 11.3 Å². The average molecular weight is 491 g/mol. The van der Waals surface area contributed by atoms with Crippen molar-refractivity contribution >= 4 is 40.3 Å². The Labute approximate surface area is 211 Å². The van der Waals surface area contributed by atoms with Gasteiger partial charge in [-0.1, -0.05) is 13.8 Å². The van der Waals surface area contributed by atoms with Crippen molar-refractivity contribution in [2.75, 3.05) is 29.2 Å². The van der Waals surface area contributed by atoms with Gasteiger partial charge in [-0.05, 0) is 69.2 Å². The number of carbonyl (C=O) groups excluding carboxylic acids is 2. The summed E-state index contributed by atoms with van der Waals surface area (Å²) in [6.07, 6.45) is 1.54. The van der Waals surface area contributed by atoms with E-state index in [1.165, 1.54) is 4.90 Å². The van der Waals surface area contributed by atoms with E-state index in [1.807, 2.05) is 32.0 Å². The van der Waals surface area contributed by atoms with Crippen molar-refractivity contribution in [2.24, 2.45) is 5.92 Å². The maximum atomic E-state index is 13.0. The maximum Gasteiger partial charge on any atom is 0.328 e. The third-order valence-electron chi connectivity index (χ3n) is 6.24. The lowest BCUT2D eigenvalue weighted by molar-refractivity contribution is -0.122. The standard InChI is InChI=1S/C27H34N6O3/c1-7-19(8-2)24(34)31(5)21-13-14-23-22(15-21)29-25(33(23)17-27(3,4)36)30-26(35)32(6)20-11-9-18(16-28)10-12-20/h9-15,19,36H,7-8,17H2,1-6H3,(H,29,30,35). The lowest BCUT2D eigenvalue weighted by atomic mass is 10.0. The second kappa shape index (κ2) is 10.8. The zero-order chi connectivity index (χ0) is 26.6. The highest BCUT2D eigenvalue weighted by atomic mass is 16.3. The van der Waals surface area contributed by atoms with E-state index in [1.54, 1.807) is 61.7 Å². The second-order valence-corrected chi connectivity index (χ2v) is 9.57. The monoisotopic (exact) mass is 490 g/mol. The van der Waals surface area contributed by atoms with Crippen LogP contribution >= 0.6 is 0 Å². The number of fused-ring (bicyclic) bond motifs is 1. The highest BCUT2D eigenvalue weighted by Gasteiger charge is 2.24. The predicted molar refractivity (Wildman–Crippen MR) is 142 cm³/mol. The first-order valence-electron chi connectivity index (χ1n) is 12.0. The number of imidazole rings is 1. The molecule has 3 rings (SSSR count). The molecule has 0 saturated heterocycles. The van der Waals surface area contributed by atoms with Crippen LogP contribution in [0, 0.1) is 17.2 Å². The molecule has 1 heterocycles. The van der Waals surface area contributed by atoms with Gasteiger partial charge in [0.15, 0.2) is 0 Å². The summed E-state index contributed by atoms with van der Waals surface area (Å²) in [5, 5.41) is 22.4. The molecule has 0 unspecified atom stereocenters. The molecule has 0 spiro atoms. The number of hydrogen-bond acceptors (Lipinski definition) is 5. The molecular formula is C27H34N6O3. The number of aliphatic hydroxyl groups is 1. The Morgan fingerprint density at radius 2 is 1.69 bits per heavy atom. The van der Waals surface area contributed by atoms with E-state index in [0.717, 1.165) is 18.4 Å². The van der Waals surface area contributed by atoms with Crippen LogP contribution in [0.1, 0.15) is 46.1 Å². The number of nitriles is 1. The van der Waals surface area contributed by atoms with Gasteiger partial charge < -0.3 is 14.6 Å². The molecule has 2 N–H and O–H groups in total. The van der Waals surface area contributed by atoms with Crippen molar-refractivity contribution in [1.29, 1.82) is 5.26 Å². The van der Waals surface area contributed by atoms with Gasteiger partial charge in [0.2, 0.25) is 11.9 Å². The van der Waals surface area contributed by atoms with E-state index >= 15 is 0 Å². The fraction of sp³-hybridized carbons (Fsp3) is 0.407. The average Bonchev–Trinajstić information content (AvgIpc) is 3.18. The molecule has 3 aromatic rings. The van der Waals surface area contributed by atoms with Gasteiger partial charge in [-0.15, -0.1) is 0 Å². The Kier molecular flexibility index (Phi) is 8.00. The molecule has 0 saturated carbocycles. The highest BCUT2D eigenvalue weighted by molar-refractivity contribution is 6.02. The topological polar surface area (TPSA) is 114 Å². The number of carbonyl (C=O) groups is 2. The third kappa shape index (κ3) is 5.83. The zero-order valence-corrected chi connectivity index (χ0v) is 21.7. The van der Waals surface area contributed by atoms with Crippen molar-refractivity contribution in [3.05, 3.63) is 48.0 Å². The van der Waals surface area contributed by atoms with Gasteiger partial charge in [0.25, 0.3) is 0 Å². The molecule has 0 aliphatic carbocycles. The van der Waals surface area contributed by atoms with E-state index in [4.69, 9.17) is 5.26 Å². The second-order valence-electron chi connectivity index (χ2n) is 9.57. The minimum Gasteiger partial charge on any atom is -0.389 e. The molecule has 1 aromatic heterocycles. The molecule has 2 aromatic carbocycles. The first-order chi connectivity index (χ1) is 17.0. The van der Waals surface area contributed by atoms with E-state index < -0.39 is 11.6 Å². The smallest absolute Gasteiger partial charge is 0.328 e. The van der Waals surface area contributed by atoms with Gasteiger partial charge in [-0.25, -0.2) is 9.78 Å². The number of nitrogens with one attached hydrogen (secondary N) is 1. The molecule has 3 amide bonds. The fourth-order valence-electron chi connectivity index (χ4n) is 4.06. The highest BCUT2D eigenvalue weighted by Crippen LogP contribution is 2.28. The summed E-state index contributed by atoms with van der Waals surface area (Å²) >= 11 is 0. The number of nitrogens with zero attached hydrogens (tertiary/aromatic N) is 5. The van der Waals surface area contributed by atoms with Crippen LogP contribution in [0.15, 0.2) is 42.5 Å². The SMILES string of the molecule is CCC(CC)C(=O)N(C)c1ccc2c(c1)nc(NC(=O)N(C)c1ccc(C#N)cc1)n2CC(C)(C)O. The molecule has 0 fully saturated rings. The number of hydrogen-bond donors (Lipinski definition) is 2. The normalized spacial score (nSPS) is 11.4. The molecular weight excluding hydrogens is 456 g/mol. The molecule has 190 valence electrons. The van der Waals surface area contributed by atoms with E-state index in [-0.39, 0.29) is 24.3 Å². The molecule has 9 heteroatoms. The first kappa shape index (κ1) is 26.7. The van der Waals surface area contributed by atoms with Gasteiger partial charge in [0, 0.05) is 31.4 Å². The van der Waals surface area contributed by atoms with Crippen molar-refractivity contribution < 1.29 is 14.7 Å². The van der Waals surface area contributed by atoms with Crippen LogP contribution in [0.2, 0.25) is 0 Å². The summed E-state index contributed by atoms with van der Waals surface area (Å²) in [7, 11) is 3.38. The third-order valence-corrected chi connectivity index (χ3v) is 6.24. The molecule has 36 heavy (non-hydrogen) atoms. The summed E-state index contributed by atoms with van der Waals surface area (Å²) in [5.41, 5.74) is 2.08. The summed E-state index contributed by atoms with van der Waals surface area (Å²) in [5.74, 6) is 0.280. The Morgan fingerprint density at radius 3 is 2.25 bits per heavy atom. The number of urea groups is 1. The molecule has 0 aliphatic rings. The molecule has 0 radical (unpaired) electrons. The molecule has 9 nitrogen and oxygen atoms in total. The van der Waals surface area contributed by atoms with E-state index in [2.05, 4.69) is 16.4 Å². The Morgan fingerprint density at radius 1 is 1.08 bits per heavy atom. The van der Waals surface area contributed by atoms with E-state index in [9.17, 15) is 14.7 Å². The number of rotatable bonds is 8. The van der Waals surface area contributed by atoms with Crippen molar-refractivity contribution in [3.63, 3.8) is 0 Å². The van der Waals surface area contributed by atoms with Crippen molar-refractivity contribution in [2.45, 2.75) is 52.7 Å². The lowest BCUT2D eigenvalue weighted by Crippen LogP contribution is -2.33. The lowest BCUT2D eigenvalue weighted by Gasteiger charge is -2.23. The predicted octanol–water partition coefficient (Wildman–Crippen LogP) is 4.75. The van der Waals surface area contributed by atoms with Crippen LogP contribution < -0.4 is 15.1 Å². The van der Waals surface area contributed by atoms with Crippen LogP contribution in [0.3, 0.4) is 0 Å². The van der Waals surface area contributed by atoms with Crippen LogP contribution in [0.25, 0.3) is 11.0 Å². The quantitative estimate of drug-likeness (QED) is 0.473. The summed E-state index contributed by atoms with van der Waals surface area (Å²) in [6.45, 7) is 7.58. The van der Waals surface area contributed by atoms with Crippen LogP contribution in [0.4, 0.5) is 22.1 Å². The number of aromatic nitrogens is 2. The minimum atomic E-state index is -1.06. The van der Waals surface area contributed by atoms with Crippen molar-refractivity contribution in [3.8, 4) is 6.07 Å². The number of amides is 3. The van der Waals surface area contributed by atoms with Gasteiger partial charge in [0.1, 0.15) is 0 Å². The van der Waals surface area contributed by atoms with Crippen LogP contribution in [0.5, 0.6) is 0 Å². The van der Waals surface area contributed by atoms with E-state index in [0.29, 0.717) is 22.5 Å². The molecule has 0 atom stereocenters. The Hall–Kier alpha value is -3.90. The molecule has 0 bridgehead atoms. The van der Waals surface area contributed by atoms with Gasteiger partial charge in [-0.3, -0.25) is 15.0 Å². The fourth-order valence-corrected chi connectivity index (χ4v) is 4.06. The minimum absolute atomic E-state index is 0.0489. The Bertz CT molecular complexity index is 1280. The van der Waals surface area contributed by atoms with Gasteiger partial charge in [-0.2, -0.15) is 5.26 Å². The van der Waals surface area contributed by atoms with Crippen molar-refractivity contribution in [1.82, 2.24) is 9.55 Å². The number of benzene rings is 2. The summed E-state index contributed by atoms with van der Waals surface area (Å²) in [4.78, 5) is 33.6. The largest absolute Gasteiger partial charge is 0.389 e. The zero-order valence-electron chi connectivity index (χ0n) is 21.7. The Balaban J connectivity index is 1.96. The van der Waals surface area contributed by atoms with Gasteiger partial charge in [0.05, 0.1) is 34.8 Å². The first-order valence-corrected chi connectivity index (χ1v) is 12.0.